The number of carbonyl (C=O) groups excluding carboxylic acids is 1. The van der Waals surface area contributed by atoms with Crippen LogP contribution in [-0.2, 0) is 4.79 Å². The molecule has 2 aromatic carbocycles. The van der Waals surface area contributed by atoms with E-state index in [9.17, 15) is 4.79 Å². The maximum atomic E-state index is 12.2. The fraction of sp³-hybridized carbons (Fsp3) is 0.316. The van der Waals surface area contributed by atoms with E-state index in [1.54, 1.807) is 0 Å². The molecule has 2 rings (SSSR count). The second-order valence-corrected chi connectivity index (χ2v) is 5.92. The van der Waals surface area contributed by atoms with Crippen LogP contribution in [0.2, 0.25) is 0 Å². The van der Waals surface area contributed by atoms with Gasteiger partial charge in [0.25, 0.3) is 0 Å². The van der Waals surface area contributed by atoms with Crippen LogP contribution in [-0.4, -0.2) is 12.5 Å². The molecule has 3 heteroatoms. The Morgan fingerprint density at radius 1 is 0.955 bits per heavy atom. The van der Waals surface area contributed by atoms with Crippen LogP contribution in [0, 0.1) is 34.6 Å². The Labute approximate surface area is 132 Å². The predicted octanol–water partition coefficient (Wildman–Crippen LogP) is 4.28. The van der Waals surface area contributed by atoms with Crippen molar-refractivity contribution in [3.63, 3.8) is 0 Å². The fourth-order valence-electron chi connectivity index (χ4n) is 2.71. The number of amides is 1. The third-order valence-electron chi connectivity index (χ3n) is 3.98. The van der Waals surface area contributed by atoms with Gasteiger partial charge in [0.15, 0.2) is 0 Å². The van der Waals surface area contributed by atoms with Crippen molar-refractivity contribution in [3.8, 4) is 0 Å². The number of rotatable bonds is 4. The van der Waals surface area contributed by atoms with E-state index < -0.39 is 0 Å². The van der Waals surface area contributed by atoms with Crippen LogP contribution in [0.25, 0.3) is 0 Å². The van der Waals surface area contributed by atoms with E-state index in [1.165, 1.54) is 11.1 Å². The molecule has 0 atom stereocenters. The summed E-state index contributed by atoms with van der Waals surface area (Å²) in [5.74, 6) is -0.0342. The summed E-state index contributed by atoms with van der Waals surface area (Å²) in [4.78, 5) is 12.2. The van der Waals surface area contributed by atoms with Crippen molar-refractivity contribution < 1.29 is 4.79 Å². The molecule has 0 aromatic heterocycles. The van der Waals surface area contributed by atoms with Crippen LogP contribution in [0.4, 0.5) is 11.4 Å². The van der Waals surface area contributed by atoms with Gasteiger partial charge >= 0.3 is 0 Å². The van der Waals surface area contributed by atoms with Crippen LogP contribution in [0.5, 0.6) is 0 Å². The van der Waals surface area contributed by atoms with Crippen molar-refractivity contribution in [1.29, 1.82) is 0 Å². The van der Waals surface area contributed by atoms with Gasteiger partial charge in [-0.1, -0.05) is 29.8 Å². The first-order valence-corrected chi connectivity index (χ1v) is 7.56. The Morgan fingerprint density at radius 3 is 2.23 bits per heavy atom. The number of anilines is 2. The van der Waals surface area contributed by atoms with Crippen molar-refractivity contribution in [2.75, 3.05) is 17.2 Å². The highest BCUT2D eigenvalue weighted by molar-refractivity contribution is 5.94. The monoisotopic (exact) mass is 296 g/mol. The number of hydrogen-bond donors (Lipinski definition) is 2. The molecule has 0 saturated carbocycles. The van der Waals surface area contributed by atoms with E-state index in [1.807, 2.05) is 32.0 Å². The summed E-state index contributed by atoms with van der Waals surface area (Å²) >= 11 is 0. The van der Waals surface area contributed by atoms with Gasteiger partial charge in [-0.05, 0) is 62.9 Å². The summed E-state index contributed by atoms with van der Waals surface area (Å²) in [7, 11) is 0. The second kappa shape index (κ2) is 6.65. The Kier molecular flexibility index (Phi) is 4.86. The van der Waals surface area contributed by atoms with E-state index in [2.05, 4.69) is 43.5 Å². The number of carbonyl (C=O) groups is 1. The normalized spacial score (nSPS) is 10.4. The molecule has 0 aliphatic rings. The Bertz CT molecular complexity index is 682. The van der Waals surface area contributed by atoms with Gasteiger partial charge in [0.1, 0.15) is 0 Å². The first-order chi connectivity index (χ1) is 10.4. The third kappa shape index (κ3) is 3.67. The summed E-state index contributed by atoms with van der Waals surface area (Å²) in [5, 5.41) is 6.22. The number of aryl methyl sites for hydroxylation is 4. The van der Waals surface area contributed by atoms with E-state index in [0.717, 1.165) is 28.1 Å². The first-order valence-electron chi connectivity index (χ1n) is 7.56. The average molecular weight is 296 g/mol. The van der Waals surface area contributed by atoms with Gasteiger partial charge in [-0.15, -0.1) is 0 Å². The highest BCUT2D eigenvalue weighted by atomic mass is 16.1. The Balaban J connectivity index is 2.03. The lowest BCUT2D eigenvalue weighted by Crippen LogP contribution is -2.23. The van der Waals surface area contributed by atoms with Crippen molar-refractivity contribution in [2.24, 2.45) is 0 Å². The smallest absolute Gasteiger partial charge is 0.243 e. The van der Waals surface area contributed by atoms with Crippen LogP contribution in [0.15, 0.2) is 30.3 Å². The van der Waals surface area contributed by atoms with E-state index in [-0.39, 0.29) is 12.5 Å². The highest BCUT2D eigenvalue weighted by Gasteiger charge is 2.08. The van der Waals surface area contributed by atoms with Crippen molar-refractivity contribution in [3.05, 3.63) is 58.1 Å². The zero-order valence-corrected chi connectivity index (χ0v) is 14.0. The Hall–Kier alpha value is -2.29. The van der Waals surface area contributed by atoms with Crippen LogP contribution < -0.4 is 10.6 Å². The van der Waals surface area contributed by atoms with E-state index >= 15 is 0 Å². The molecule has 3 nitrogen and oxygen atoms in total. The topological polar surface area (TPSA) is 41.1 Å². The average Bonchev–Trinajstić information content (AvgIpc) is 2.42. The molecule has 0 aliphatic heterocycles. The Morgan fingerprint density at radius 2 is 1.59 bits per heavy atom. The van der Waals surface area contributed by atoms with E-state index in [0.29, 0.717) is 0 Å². The molecule has 0 spiro atoms. The summed E-state index contributed by atoms with van der Waals surface area (Å²) in [5.41, 5.74) is 7.77. The number of hydrogen-bond acceptors (Lipinski definition) is 2. The quantitative estimate of drug-likeness (QED) is 0.884. The number of nitrogens with one attached hydrogen (secondary N) is 2. The molecule has 0 fully saturated rings. The number of benzene rings is 2. The minimum absolute atomic E-state index is 0.0342. The lowest BCUT2D eigenvalue weighted by atomic mass is 10.1. The lowest BCUT2D eigenvalue weighted by molar-refractivity contribution is -0.114. The van der Waals surface area contributed by atoms with Crippen molar-refractivity contribution in [2.45, 2.75) is 34.6 Å². The molecule has 1 amide bonds. The second-order valence-electron chi connectivity index (χ2n) is 5.92. The van der Waals surface area contributed by atoms with Crippen LogP contribution >= 0.6 is 0 Å². The van der Waals surface area contributed by atoms with Crippen molar-refractivity contribution >= 4 is 17.3 Å². The van der Waals surface area contributed by atoms with Gasteiger partial charge in [-0.3, -0.25) is 4.79 Å². The predicted molar refractivity (Wildman–Crippen MR) is 93.7 cm³/mol. The summed E-state index contributed by atoms with van der Waals surface area (Å²) in [6.07, 6.45) is 0. The third-order valence-corrected chi connectivity index (χ3v) is 3.98. The van der Waals surface area contributed by atoms with Gasteiger partial charge in [-0.2, -0.15) is 0 Å². The molecule has 116 valence electrons. The molecule has 0 heterocycles. The first kappa shape index (κ1) is 16.1. The zero-order valence-electron chi connectivity index (χ0n) is 14.0. The van der Waals surface area contributed by atoms with Crippen LogP contribution in [0.3, 0.4) is 0 Å². The molecule has 22 heavy (non-hydrogen) atoms. The molecule has 0 bridgehead atoms. The van der Waals surface area contributed by atoms with Gasteiger partial charge in [0.05, 0.1) is 6.54 Å². The minimum atomic E-state index is -0.0342. The fourth-order valence-corrected chi connectivity index (χ4v) is 2.71. The SMILES string of the molecule is Cc1cc(C)c(NCC(=O)Nc2cccc(C)c2C)c(C)c1. The lowest BCUT2D eigenvalue weighted by Gasteiger charge is -2.15. The molecule has 2 aromatic rings. The van der Waals surface area contributed by atoms with Gasteiger partial charge in [-0.25, -0.2) is 0 Å². The van der Waals surface area contributed by atoms with Crippen LogP contribution in [0.1, 0.15) is 27.8 Å². The molecule has 2 N–H and O–H groups in total. The molecule has 0 unspecified atom stereocenters. The van der Waals surface area contributed by atoms with Gasteiger partial charge < -0.3 is 10.6 Å². The van der Waals surface area contributed by atoms with E-state index in [4.69, 9.17) is 0 Å². The highest BCUT2D eigenvalue weighted by Crippen LogP contribution is 2.22. The maximum Gasteiger partial charge on any atom is 0.243 e. The van der Waals surface area contributed by atoms with Gasteiger partial charge in [0.2, 0.25) is 5.91 Å². The molecule has 0 aliphatic carbocycles. The summed E-state index contributed by atoms with van der Waals surface area (Å²) < 4.78 is 0. The standard InChI is InChI=1S/C19H24N2O/c1-12-9-14(3)19(15(4)10-12)20-11-18(22)21-17-8-6-7-13(2)16(17)5/h6-10,20H,11H2,1-5H3,(H,21,22). The molecular formula is C19H24N2O. The largest absolute Gasteiger partial charge is 0.376 e. The molecular weight excluding hydrogens is 272 g/mol. The maximum absolute atomic E-state index is 12.2. The molecule has 0 radical (unpaired) electrons. The zero-order chi connectivity index (χ0) is 16.3. The summed E-state index contributed by atoms with van der Waals surface area (Å²) in [6, 6.07) is 10.2. The molecule has 0 saturated heterocycles. The van der Waals surface area contributed by atoms with Crippen molar-refractivity contribution in [1.82, 2.24) is 0 Å². The minimum Gasteiger partial charge on any atom is -0.376 e. The summed E-state index contributed by atoms with van der Waals surface area (Å²) in [6.45, 7) is 10.5. The van der Waals surface area contributed by atoms with Gasteiger partial charge in [0, 0.05) is 11.4 Å².